The molecule has 3 atom stereocenters. The molecule has 0 radical (unpaired) electrons. The Morgan fingerprint density at radius 2 is 1.69 bits per heavy atom. The van der Waals surface area contributed by atoms with Gasteiger partial charge in [-0.2, -0.15) is 0 Å². The van der Waals surface area contributed by atoms with Gasteiger partial charge in [0, 0.05) is 13.1 Å². The molecule has 0 bridgehead atoms. The molecule has 1 saturated heterocycles. The second kappa shape index (κ2) is 8.32. The molecule has 1 saturated carbocycles. The highest BCUT2D eigenvalue weighted by atomic mass is 19.1. The van der Waals surface area contributed by atoms with Crippen LogP contribution in [-0.2, 0) is 17.9 Å². The molecular formula is C23H28FNO. The predicted octanol–water partition coefficient (Wildman–Crippen LogP) is 5.03. The summed E-state index contributed by atoms with van der Waals surface area (Å²) in [5, 5.41) is 0. The van der Waals surface area contributed by atoms with Crippen LogP contribution in [0.2, 0.25) is 0 Å². The molecule has 0 amide bonds. The second-order valence-corrected chi connectivity index (χ2v) is 7.90. The molecule has 4 rings (SSSR count). The van der Waals surface area contributed by atoms with Crippen molar-refractivity contribution in [1.82, 2.24) is 4.90 Å². The largest absolute Gasteiger partial charge is 0.374 e. The minimum Gasteiger partial charge on any atom is -0.374 e. The van der Waals surface area contributed by atoms with Crippen LogP contribution in [0.1, 0.15) is 36.8 Å². The summed E-state index contributed by atoms with van der Waals surface area (Å²) in [4.78, 5) is 2.62. The molecule has 0 spiro atoms. The summed E-state index contributed by atoms with van der Waals surface area (Å²) in [6.45, 7) is 4.10. The number of rotatable bonds is 5. The standard InChI is InChI=1S/C23H28FNO/c24-22-9-6-19(7-10-22)17-26-23-11-8-21-16-25(13-12-20(21)14-23)15-18-4-2-1-3-5-18/h1-7,9-10,20-21,23H,8,11-17H2. The van der Waals surface area contributed by atoms with Gasteiger partial charge in [-0.1, -0.05) is 42.5 Å². The first kappa shape index (κ1) is 17.7. The van der Waals surface area contributed by atoms with Crippen molar-refractivity contribution in [3.63, 3.8) is 0 Å². The van der Waals surface area contributed by atoms with E-state index in [9.17, 15) is 4.39 Å². The molecule has 2 fully saturated rings. The molecule has 0 N–H and O–H groups in total. The molecule has 2 aromatic rings. The van der Waals surface area contributed by atoms with Crippen molar-refractivity contribution in [3.05, 3.63) is 71.5 Å². The number of likely N-dealkylation sites (tertiary alicyclic amines) is 1. The van der Waals surface area contributed by atoms with Crippen molar-refractivity contribution in [2.24, 2.45) is 11.8 Å². The fourth-order valence-corrected chi connectivity index (χ4v) is 4.58. The Morgan fingerprint density at radius 3 is 2.50 bits per heavy atom. The summed E-state index contributed by atoms with van der Waals surface area (Å²) in [5.41, 5.74) is 2.48. The highest BCUT2D eigenvalue weighted by Crippen LogP contribution is 2.38. The van der Waals surface area contributed by atoms with Crippen LogP contribution in [0.15, 0.2) is 54.6 Å². The first-order valence-corrected chi connectivity index (χ1v) is 9.88. The van der Waals surface area contributed by atoms with Gasteiger partial charge >= 0.3 is 0 Å². The maximum absolute atomic E-state index is 13.0. The van der Waals surface area contributed by atoms with Crippen LogP contribution in [0.5, 0.6) is 0 Å². The summed E-state index contributed by atoms with van der Waals surface area (Å²) in [5.74, 6) is 1.43. The number of nitrogens with zero attached hydrogens (tertiary/aromatic N) is 1. The van der Waals surface area contributed by atoms with E-state index in [1.165, 1.54) is 50.0 Å². The zero-order chi connectivity index (χ0) is 17.8. The minimum absolute atomic E-state index is 0.184. The predicted molar refractivity (Wildman–Crippen MR) is 102 cm³/mol. The van der Waals surface area contributed by atoms with E-state index in [0.717, 1.165) is 30.4 Å². The number of piperidine rings is 1. The molecule has 1 aliphatic carbocycles. The molecule has 2 nitrogen and oxygen atoms in total. The lowest BCUT2D eigenvalue weighted by Crippen LogP contribution is -2.43. The van der Waals surface area contributed by atoms with Gasteiger partial charge in [0.2, 0.25) is 0 Å². The van der Waals surface area contributed by atoms with Crippen LogP contribution in [-0.4, -0.2) is 24.1 Å². The Kier molecular flexibility index (Phi) is 5.66. The van der Waals surface area contributed by atoms with Gasteiger partial charge in [-0.15, -0.1) is 0 Å². The minimum atomic E-state index is -0.184. The molecule has 138 valence electrons. The van der Waals surface area contributed by atoms with Crippen LogP contribution >= 0.6 is 0 Å². The lowest BCUT2D eigenvalue weighted by molar-refractivity contribution is -0.0338. The van der Waals surface area contributed by atoms with Crippen LogP contribution in [0.4, 0.5) is 4.39 Å². The zero-order valence-electron chi connectivity index (χ0n) is 15.3. The average Bonchev–Trinajstić information content (AvgIpc) is 2.68. The SMILES string of the molecule is Fc1ccc(COC2CCC3CN(Cc4ccccc4)CCC3C2)cc1. The molecule has 3 unspecified atom stereocenters. The van der Waals surface area contributed by atoms with E-state index in [1.807, 2.05) is 12.1 Å². The summed E-state index contributed by atoms with van der Waals surface area (Å²) in [6.07, 6.45) is 5.26. The monoisotopic (exact) mass is 353 g/mol. The van der Waals surface area contributed by atoms with Crippen molar-refractivity contribution in [2.75, 3.05) is 13.1 Å². The van der Waals surface area contributed by atoms with E-state index in [4.69, 9.17) is 4.74 Å². The highest BCUT2D eigenvalue weighted by Gasteiger charge is 2.35. The molecule has 26 heavy (non-hydrogen) atoms. The Balaban J connectivity index is 1.25. The average molecular weight is 353 g/mol. The Hall–Kier alpha value is -1.71. The number of hydrogen-bond donors (Lipinski definition) is 0. The lowest BCUT2D eigenvalue weighted by atomic mass is 9.74. The van der Waals surface area contributed by atoms with Gasteiger partial charge in [-0.3, -0.25) is 4.90 Å². The van der Waals surface area contributed by atoms with Gasteiger partial charge in [0.25, 0.3) is 0 Å². The van der Waals surface area contributed by atoms with E-state index in [-0.39, 0.29) is 5.82 Å². The number of fused-ring (bicyclic) bond motifs is 1. The van der Waals surface area contributed by atoms with Gasteiger partial charge in [-0.25, -0.2) is 4.39 Å². The van der Waals surface area contributed by atoms with Crippen molar-refractivity contribution in [3.8, 4) is 0 Å². The number of halogens is 1. The van der Waals surface area contributed by atoms with Crippen LogP contribution < -0.4 is 0 Å². The van der Waals surface area contributed by atoms with E-state index in [2.05, 4.69) is 35.2 Å². The maximum Gasteiger partial charge on any atom is 0.123 e. The second-order valence-electron chi connectivity index (χ2n) is 7.90. The number of hydrogen-bond acceptors (Lipinski definition) is 2. The van der Waals surface area contributed by atoms with Crippen molar-refractivity contribution >= 4 is 0 Å². The van der Waals surface area contributed by atoms with Gasteiger partial charge in [0.05, 0.1) is 12.7 Å². The third kappa shape index (κ3) is 4.52. The van der Waals surface area contributed by atoms with Crippen molar-refractivity contribution in [1.29, 1.82) is 0 Å². The Bertz CT molecular complexity index is 687. The lowest BCUT2D eigenvalue weighted by Gasteiger charge is -2.43. The molecular weight excluding hydrogens is 325 g/mol. The van der Waals surface area contributed by atoms with Crippen molar-refractivity contribution < 1.29 is 9.13 Å². The summed E-state index contributed by atoms with van der Waals surface area (Å²) >= 11 is 0. The molecule has 1 heterocycles. The molecule has 2 aromatic carbocycles. The zero-order valence-corrected chi connectivity index (χ0v) is 15.3. The Morgan fingerprint density at radius 1 is 0.885 bits per heavy atom. The molecule has 2 aliphatic rings. The number of ether oxygens (including phenoxy) is 1. The van der Waals surface area contributed by atoms with E-state index >= 15 is 0 Å². The summed E-state index contributed by atoms with van der Waals surface area (Å²) < 4.78 is 19.1. The fraction of sp³-hybridized carbons (Fsp3) is 0.478. The van der Waals surface area contributed by atoms with E-state index in [0.29, 0.717) is 12.7 Å². The number of benzene rings is 2. The van der Waals surface area contributed by atoms with Crippen LogP contribution in [0.3, 0.4) is 0 Å². The third-order valence-electron chi connectivity index (χ3n) is 6.05. The molecule has 1 aliphatic heterocycles. The van der Waals surface area contributed by atoms with Crippen LogP contribution in [0.25, 0.3) is 0 Å². The van der Waals surface area contributed by atoms with Gasteiger partial charge < -0.3 is 4.74 Å². The van der Waals surface area contributed by atoms with E-state index < -0.39 is 0 Å². The third-order valence-corrected chi connectivity index (χ3v) is 6.05. The van der Waals surface area contributed by atoms with Gasteiger partial charge in [0.15, 0.2) is 0 Å². The molecule has 0 aromatic heterocycles. The summed E-state index contributed by atoms with van der Waals surface area (Å²) in [6, 6.07) is 17.5. The quantitative estimate of drug-likeness (QED) is 0.747. The Labute approximate surface area is 156 Å². The first-order chi connectivity index (χ1) is 12.8. The molecule has 3 heteroatoms. The summed E-state index contributed by atoms with van der Waals surface area (Å²) in [7, 11) is 0. The smallest absolute Gasteiger partial charge is 0.123 e. The fourth-order valence-electron chi connectivity index (χ4n) is 4.58. The van der Waals surface area contributed by atoms with Gasteiger partial charge in [0.1, 0.15) is 5.82 Å². The van der Waals surface area contributed by atoms with Crippen LogP contribution in [0, 0.1) is 17.7 Å². The highest BCUT2D eigenvalue weighted by molar-refractivity contribution is 5.15. The van der Waals surface area contributed by atoms with E-state index in [1.54, 1.807) is 0 Å². The maximum atomic E-state index is 13.0. The first-order valence-electron chi connectivity index (χ1n) is 9.88. The normalized spacial score (nSPS) is 26.4. The van der Waals surface area contributed by atoms with Crippen molar-refractivity contribution in [2.45, 2.75) is 44.9 Å². The topological polar surface area (TPSA) is 12.5 Å². The van der Waals surface area contributed by atoms with Gasteiger partial charge in [-0.05, 0) is 67.3 Å².